The summed E-state index contributed by atoms with van der Waals surface area (Å²) in [6.45, 7) is 6.26. The Morgan fingerprint density at radius 3 is 2.44 bits per heavy atom. The summed E-state index contributed by atoms with van der Waals surface area (Å²) in [6, 6.07) is 0.154. The SMILES string of the molecule is CCC(C)CS(=O)(=O)C1CC(CC)CCC1NC. The van der Waals surface area contributed by atoms with Gasteiger partial charge in [0.05, 0.1) is 11.0 Å². The van der Waals surface area contributed by atoms with Gasteiger partial charge in [-0.05, 0) is 38.1 Å². The van der Waals surface area contributed by atoms with Crippen LogP contribution in [0.1, 0.15) is 52.9 Å². The lowest BCUT2D eigenvalue weighted by molar-refractivity contribution is 0.295. The number of sulfone groups is 1. The third-order valence-electron chi connectivity index (χ3n) is 4.52. The normalized spacial score (nSPS) is 31.2. The Morgan fingerprint density at radius 2 is 1.94 bits per heavy atom. The zero-order valence-electron chi connectivity index (χ0n) is 12.3. The summed E-state index contributed by atoms with van der Waals surface area (Å²) in [5.74, 6) is 1.21. The van der Waals surface area contributed by atoms with E-state index < -0.39 is 9.84 Å². The van der Waals surface area contributed by atoms with Crippen molar-refractivity contribution in [2.24, 2.45) is 11.8 Å². The van der Waals surface area contributed by atoms with Gasteiger partial charge in [-0.15, -0.1) is 0 Å². The maximum absolute atomic E-state index is 12.5. The molecular weight excluding hydrogens is 246 g/mol. The predicted octanol–water partition coefficient (Wildman–Crippen LogP) is 2.61. The highest BCUT2D eigenvalue weighted by Crippen LogP contribution is 2.32. The zero-order chi connectivity index (χ0) is 13.8. The van der Waals surface area contributed by atoms with E-state index >= 15 is 0 Å². The lowest BCUT2D eigenvalue weighted by Crippen LogP contribution is -2.48. The summed E-state index contributed by atoms with van der Waals surface area (Å²) in [6.07, 6.45) is 5.05. The van der Waals surface area contributed by atoms with Gasteiger partial charge in [-0.2, -0.15) is 0 Å². The molecule has 1 fully saturated rings. The van der Waals surface area contributed by atoms with Gasteiger partial charge in [-0.3, -0.25) is 0 Å². The van der Waals surface area contributed by atoms with Gasteiger partial charge < -0.3 is 5.32 Å². The van der Waals surface area contributed by atoms with Crippen molar-refractivity contribution in [1.82, 2.24) is 5.32 Å². The Hall–Kier alpha value is -0.0900. The third kappa shape index (κ3) is 3.95. The monoisotopic (exact) mass is 275 g/mol. The first-order valence-electron chi connectivity index (χ1n) is 7.33. The minimum atomic E-state index is -2.96. The number of rotatable bonds is 6. The summed E-state index contributed by atoms with van der Waals surface area (Å²) in [5, 5.41) is 3.05. The molecule has 0 aromatic rings. The van der Waals surface area contributed by atoms with E-state index in [0.29, 0.717) is 11.7 Å². The van der Waals surface area contributed by atoms with Crippen LogP contribution in [0, 0.1) is 11.8 Å². The van der Waals surface area contributed by atoms with Crippen LogP contribution in [0.4, 0.5) is 0 Å². The molecule has 18 heavy (non-hydrogen) atoms. The van der Waals surface area contributed by atoms with Gasteiger partial charge in [0.25, 0.3) is 0 Å². The van der Waals surface area contributed by atoms with E-state index in [-0.39, 0.29) is 17.2 Å². The summed E-state index contributed by atoms with van der Waals surface area (Å²) in [7, 11) is -1.07. The first kappa shape index (κ1) is 16.0. The van der Waals surface area contributed by atoms with Gasteiger partial charge in [0.15, 0.2) is 9.84 Å². The highest BCUT2D eigenvalue weighted by molar-refractivity contribution is 7.92. The van der Waals surface area contributed by atoms with Crippen LogP contribution in [-0.2, 0) is 9.84 Å². The fourth-order valence-corrected chi connectivity index (χ4v) is 5.56. The molecule has 0 spiro atoms. The van der Waals surface area contributed by atoms with Crippen molar-refractivity contribution < 1.29 is 8.42 Å². The van der Waals surface area contributed by atoms with Gasteiger partial charge in [0.2, 0.25) is 0 Å². The topological polar surface area (TPSA) is 46.2 Å². The van der Waals surface area contributed by atoms with Crippen LogP contribution in [0.3, 0.4) is 0 Å². The molecule has 0 amide bonds. The van der Waals surface area contributed by atoms with Crippen LogP contribution >= 0.6 is 0 Å². The summed E-state index contributed by atoms with van der Waals surface area (Å²) in [4.78, 5) is 0. The largest absolute Gasteiger partial charge is 0.316 e. The van der Waals surface area contributed by atoms with Gasteiger partial charge in [-0.1, -0.05) is 33.6 Å². The van der Waals surface area contributed by atoms with Crippen LogP contribution in [0.15, 0.2) is 0 Å². The minimum Gasteiger partial charge on any atom is -0.316 e. The fraction of sp³-hybridized carbons (Fsp3) is 1.00. The molecule has 3 nitrogen and oxygen atoms in total. The van der Waals surface area contributed by atoms with Crippen molar-refractivity contribution in [3.63, 3.8) is 0 Å². The second-order valence-corrected chi connectivity index (χ2v) is 8.13. The van der Waals surface area contributed by atoms with E-state index in [2.05, 4.69) is 19.2 Å². The summed E-state index contributed by atoms with van der Waals surface area (Å²) < 4.78 is 25.1. The third-order valence-corrected chi connectivity index (χ3v) is 7.00. The molecule has 1 aliphatic carbocycles. The van der Waals surface area contributed by atoms with Crippen molar-refractivity contribution in [2.45, 2.75) is 64.2 Å². The predicted molar refractivity (Wildman–Crippen MR) is 77.5 cm³/mol. The molecule has 4 unspecified atom stereocenters. The molecule has 0 aromatic carbocycles. The van der Waals surface area contributed by atoms with Gasteiger partial charge >= 0.3 is 0 Å². The number of hydrogen-bond acceptors (Lipinski definition) is 3. The first-order chi connectivity index (χ1) is 8.44. The maximum atomic E-state index is 12.5. The average molecular weight is 275 g/mol. The van der Waals surface area contributed by atoms with Gasteiger partial charge in [0.1, 0.15) is 0 Å². The average Bonchev–Trinajstić information content (AvgIpc) is 2.37. The molecule has 108 valence electrons. The Labute approximate surface area is 113 Å². The summed E-state index contributed by atoms with van der Waals surface area (Å²) >= 11 is 0. The van der Waals surface area contributed by atoms with Gasteiger partial charge in [-0.25, -0.2) is 8.42 Å². The molecule has 1 rings (SSSR count). The standard InChI is InChI=1S/C14H29NO2S/c1-5-11(3)10-18(16,17)14-9-12(6-2)7-8-13(14)15-4/h11-15H,5-10H2,1-4H3. The van der Waals surface area contributed by atoms with Crippen LogP contribution < -0.4 is 5.32 Å². The Bertz CT molecular complexity index is 340. The van der Waals surface area contributed by atoms with Crippen molar-refractivity contribution in [1.29, 1.82) is 0 Å². The molecule has 4 atom stereocenters. The molecule has 1 N–H and O–H groups in total. The molecule has 0 aliphatic heterocycles. The molecule has 1 aliphatic rings. The van der Waals surface area contributed by atoms with E-state index in [0.717, 1.165) is 32.1 Å². The smallest absolute Gasteiger partial charge is 0.154 e. The number of hydrogen-bond donors (Lipinski definition) is 1. The van der Waals surface area contributed by atoms with Crippen LogP contribution in [0.2, 0.25) is 0 Å². The van der Waals surface area contributed by atoms with E-state index in [1.54, 1.807) is 0 Å². The summed E-state index contributed by atoms with van der Waals surface area (Å²) in [5.41, 5.74) is 0. The van der Waals surface area contributed by atoms with Gasteiger partial charge in [0, 0.05) is 6.04 Å². The van der Waals surface area contributed by atoms with Crippen molar-refractivity contribution in [3.8, 4) is 0 Å². The quantitative estimate of drug-likeness (QED) is 0.810. The zero-order valence-corrected chi connectivity index (χ0v) is 13.1. The van der Waals surface area contributed by atoms with Crippen LogP contribution in [0.5, 0.6) is 0 Å². The van der Waals surface area contributed by atoms with Crippen LogP contribution in [-0.4, -0.2) is 32.5 Å². The molecule has 0 heterocycles. The van der Waals surface area contributed by atoms with Crippen molar-refractivity contribution in [3.05, 3.63) is 0 Å². The molecule has 0 aromatic heterocycles. The van der Waals surface area contributed by atoms with Crippen LogP contribution in [0.25, 0.3) is 0 Å². The molecular formula is C14H29NO2S. The second-order valence-electron chi connectivity index (χ2n) is 5.86. The maximum Gasteiger partial charge on any atom is 0.154 e. The second kappa shape index (κ2) is 6.90. The molecule has 1 saturated carbocycles. The Kier molecular flexibility index (Phi) is 6.12. The van der Waals surface area contributed by atoms with Crippen molar-refractivity contribution >= 4 is 9.84 Å². The highest BCUT2D eigenvalue weighted by atomic mass is 32.2. The van der Waals surface area contributed by atoms with E-state index in [4.69, 9.17) is 0 Å². The molecule has 0 radical (unpaired) electrons. The highest BCUT2D eigenvalue weighted by Gasteiger charge is 2.38. The Morgan fingerprint density at radius 1 is 1.28 bits per heavy atom. The lowest BCUT2D eigenvalue weighted by Gasteiger charge is -2.35. The Balaban J connectivity index is 2.80. The van der Waals surface area contributed by atoms with E-state index in [1.807, 2.05) is 14.0 Å². The van der Waals surface area contributed by atoms with E-state index in [1.165, 1.54) is 0 Å². The molecule has 0 saturated heterocycles. The molecule has 0 bridgehead atoms. The fourth-order valence-electron chi connectivity index (χ4n) is 2.95. The minimum absolute atomic E-state index is 0.154. The number of nitrogens with one attached hydrogen (secondary N) is 1. The van der Waals surface area contributed by atoms with E-state index in [9.17, 15) is 8.42 Å². The van der Waals surface area contributed by atoms with Crippen molar-refractivity contribution in [2.75, 3.05) is 12.8 Å². The molecule has 4 heteroatoms. The lowest BCUT2D eigenvalue weighted by atomic mass is 9.84. The first-order valence-corrected chi connectivity index (χ1v) is 9.04.